The first-order valence-electron chi connectivity index (χ1n) is 8.11. The smallest absolute Gasteiger partial charge is 0.259 e. The first-order valence-corrected chi connectivity index (χ1v) is 8.11. The van der Waals surface area contributed by atoms with Crippen LogP contribution in [0.5, 0.6) is 5.88 Å². The lowest BCUT2D eigenvalue weighted by molar-refractivity contribution is 0.290. The number of hydrogen-bond acceptors (Lipinski definition) is 7. The molecule has 4 rings (SSSR count). The molecule has 3 aromatic heterocycles. The molecule has 0 saturated heterocycles. The number of nitrogens with zero attached hydrogens (tertiary/aromatic N) is 4. The van der Waals surface area contributed by atoms with Crippen LogP contribution in [0.1, 0.15) is 17.1 Å². The van der Waals surface area contributed by atoms with Crippen LogP contribution in [0.2, 0.25) is 0 Å². The molecule has 0 radical (unpaired) electrons. The van der Waals surface area contributed by atoms with Crippen LogP contribution >= 0.6 is 0 Å². The fourth-order valence-electron chi connectivity index (χ4n) is 2.54. The standard InChI is InChI=1S/C19H16N4O3/c1-12-16(18(23-25-12)14-6-4-3-5-7-14)11-24-17-9-8-15(10-20-17)19-21-13(2)22-26-19/h3-10H,11H2,1-2H3. The fraction of sp³-hybridized carbons (Fsp3) is 0.158. The summed E-state index contributed by atoms with van der Waals surface area (Å²) in [6.45, 7) is 3.95. The molecule has 0 aliphatic rings. The van der Waals surface area contributed by atoms with E-state index in [0.717, 1.165) is 28.1 Å². The molecule has 26 heavy (non-hydrogen) atoms. The van der Waals surface area contributed by atoms with E-state index in [4.69, 9.17) is 13.8 Å². The summed E-state index contributed by atoms with van der Waals surface area (Å²) >= 11 is 0. The largest absolute Gasteiger partial charge is 0.473 e. The van der Waals surface area contributed by atoms with Crippen molar-refractivity contribution in [3.05, 3.63) is 65.8 Å². The van der Waals surface area contributed by atoms with Crippen molar-refractivity contribution in [2.75, 3.05) is 0 Å². The molecule has 130 valence electrons. The Kier molecular flexibility index (Phi) is 4.18. The van der Waals surface area contributed by atoms with Crippen molar-refractivity contribution in [1.29, 1.82) is 0 Å². The normalized spacial score (nSPS) is 10.8. The summed E-state index contributed by atoms with van der Waals surface area (Å²) < 4.78 is 16.3. The number of ether oxygens (including phenoxy) is 1. The summed E-state index contributed by atoms with van der Waals surface area (Å²) in [5, 5.41) is 7.92. The van der Waals surface area contributed by atoms with E-state index in [1.165, 1.54) is 0 Å². The zero-order chi connectivity index (χ0) is 17.9. The van der Waals surface area contributed by atoms with Crippen molar-refractivity contribution < 1.29 is 13.8 Å². The number of rotatable bonds is 5. The third-order valence-corrected chi connectivity index (χ3v) is 3.91. The summed E-state index contributed by atoms with van der Waals surface area (Å²) in [7, 11) is 0. The zero-order valence-electron chi connectivity index (χ0n) is 14.3. The van der Waals surface area contributed by atoms with Crippen LogP contribution in [0.15, 0.2) is 57.7 Å². The third kappa shape index (κ3) is 3.19. The molecule has 0 bridgehead atoms. The summed E-state index contributed by atoms with van der Waals surface area (Å²) in [6, 6.07) is 13.4. The van der Waals surface area contributed by atoms with E-state index < -0.39 is 0 Å². The molecular weight excluding hydrogens is 332 g/mol. The highest BCUT2D eigenvalue weighted by Gasteiger charge is 2.15. The van der Waals surface area contributed by atoms with Crippen LogP contribution in [0.3, 0.4) is 0 Å². The average Bonchev–Trinajstić information content (AvgIpc) is 3.27. The first-order chi connectivity index (χ1) is 12.7. The Bertz CT molecular complexity index is 1010. The van der Waals surface area contributed by atoms with Gasteiger partial charge in [0.2, 0.25) is 5.88 Å². The predicted molar refractivity (Wildman–Crippen MR) is 93.3 cm³/mol. The van der Waals surface area contributed by atoms with Crippen molar-refractivity contribution in [2.45, 2.75) is 20.5 Å². The lowest BCUT2D eigenvalue weighted by Crippen LogP contribution is -1.99. The predicted octanol–water partition coefficient (Wildman–Crippen LogP) is 3.98. The second-order valence-corrected chi connectivity index (χ2v) is 5.75. The van der Waals surface area contributed by atoms with Gasteiger partial charge in [0, 0.05) is 17.8 Å². The lowest BCUT2D eigenvalue weighted by atomic mass is 10.1. The molecule has 3 heterocycles. The Morgan fingerprint density at radius 2 is 1.77 bits per heavy atom. The third-order valence-electron chi connectivity index (χ3n) is 3.91. The number of aromatic nitrogens is 4. The van der Waals surface area contributed by atoms with Crippen LogP contribution in [-0.4, -0.2) is 20.3 Å². The Balaban J connectivity index is 1.50. The van der Waals surface area contributed by atoms with Gasteiger partial charge in [-0.15, -0.1) is 0 Å². The summed E-state index contributed by atoms with van der Waals surface area (Å²) in [5.41, 5.74) is 3.40. The molecule has 0 unspecified atom stereocenters. The number of pyridine rings is 1. The quantitative estimate of drug-likeness (QED) is 0.539. The minimum atomic E-state index is 0.311. The van der Waals surface area contributed by atoms with Gasteiger partial charge in [0.25, 0.3) is 5.89 Å². The molecule has 0 saturated carbocycles. The van der Waals surface area contributed by atoms with Gasteiger partial charge in [-0.25, -0.2) is 4.98 Å². The molecule has 0 aliphatic heterocycles. The molecule has 0 fully saturated rings. The first kappa shape index (κ1) is 16.0. The molecule has 0 N–H and O–H groups in total. The molecule has 4 aromatic rings. The number of benzene rings is 1. The minimum Gasteiger partial charge on any atom is -0.473 e. The van der Waals surface area contributed by atoms with Gasteiger partial charge < -0.3 is 13.8 Å². The van der Waals surface area contributed by atoms with Gasteiger partial charge in [-0.3, -0.25) is 0 Å². The maximum Gasteiger partial charge on any atom is 0.259 e. The number of aryl methyl sites for hydroxylation is 2. The van der Waals surface area contributed by atoms with Gasteiger partial charge in [0.15, 0.2) is 5.82 Å². The van der Waals surface area contributed by atoms with Gasteiger partial charge in [-0.1, -0.05) is 40.6 Å². The summed E-state index contributed by atoms with van der Waals surface area (Å²) in [5.74, 6) is 2.23. The van der Waals surface area contributed by atoms with Crippen molar-refractivity contribution in [2.24, 2.45) is 0 Å². The molecule has 1 aromatic carbocycles. The highest BCUT2D eigenvalue weighted by atomic mass is 16.5. The molecule has 0 aliphatic carbocycles. The maximum atomic E-state index is 5.81. The van der Waals surface area contributed by atoms with Crippen molar-refractivity contribution in [1.82, 2.24) is 20.3 Å². The molecular formula is C19H16N4O3. The summed E-state index contributed by atoms with van der Waals surface area (Å²) in [6.07, 6.45) is 1.64. The lowest BCUT2D eigenvalue weighted by Gasteiger charge is -2.06. The maximum absolute atomic E-state index is 5.81. The van der Waals surface area contributed by atoms with Crippen molar-refractivity contribution in [3.8, 4) is 28.6 Å². The monoisotopic (exact) mass is 348 g/mol. The van der Waals surface area contributed by atoms with E-state index in [2.05, 4.69) is 20.3 Å². The molecule has 0 spiro atoms. The zero-order valence-corrected chi connectivity index (χ0v) is 14.3. The summed E-state index contributed by atoms with van der Waals surface area (Å²) in [4.78, 5) is 8.47. The second kappa shape index (κ2) is 6.79. The number of hydrogen-bond donors (Lipinski definition) is 0. The van der Waals surface area contributed by atoms with E-state index in [9.17, 15) is 0 Å². The van der Waals surface area contributed by atoms with Crippen LogP contribution in [0.4, 0.5) is 0 Å². The van der Waals surface area contributed by atoms with E-state index in [1.54, 1.807) is 19.2 Å². The van der Waals surface area contributed by atoms with Gasteiger partial charge in [0.05, 0.1) is 11.1 Å². The van der Waals surface area contributed by atoms with Crippen LogP contribution in [-0.2, 0) is 6.61 Å². The van der Waals surface area contributed by atoms with Gasteiger partial charge in [0.1, 0.15) is 18.1 Å². The van der Waals surface area contributed by atoms with Crippen molar-refractivity contribution >= 4 is 0 Å². The minimum absolute atomic E-state index is 0.311. The van der Waals surface area contributed by atoms with Gasteiger partial charge in [-0.2, -0.15) is 4.98 Å². The van der Waals surface area contributed by atoms with E-state index in [-0.39, 0.29) is 0 Å². The highest BCUT2D eigenvalue weighted by Crippen LogP contribution is 2.26. The molecule has 0 amide bonds. The van der Waals surface area contributed by atoms with Crippen LogP contribution in [0, 0.1) is 13.8 Å². The van der Waals surface area contributed by atoms with E-state index in [0.29, 0.717) is 24.2 Å². The Morgan fingerprint density at radius 1 is 0.923 bits per heavy atom. The highest BCUT2D eigenvalue weighted by molar-refractivity contribution is 5.63. The van der Waals surface area contributed by atoms with Gasteiger partial charge in [-0.05, 0) is 19.9 Å². The van der Waals surface area contributed by atoms with Crippen LogP contribution < -0.4 is 4.74 Å². The van der Waals surface area contributed by atoms with E-state index in [1.807, 2.05) is 43.3 Å². The second-order valence-electron chi connectivity index (χ2n) is 5.75. The van der Waals surface area contributed by atoms with E-state index >= 15 is 0 Å². The molecule has 7 nitrogen and oxygen atoms in total. The average molecular weight is 348 g/mol. The topological polar surface area (TPSA) is 87.1 Å². The Labute approximate surface area is 149 Å². The Morgan fingerprint density at radius 3 is 2.46 bits per heavy atom. The fourth-order valence-corrected chi connectivity index (χ4v) is 2.54. The SMILES string of the molecule is Cc1noc(-c2ccc(OCc3c(-c4ccccc4)noc3C)nc2)n1. The van der Waals surface area contributed by atoms with Crippen LogP contribution in [0.25, 0.3) is 22.7 Å². The molecule has 0 atom stereocenters. The van der Waals surface area contributed by atoms with Gasteiger partial charge >= 0.3 is 0 Å². The van der Waals surface area contributed by atoms with Crippen molar-refractivity contribution in [3.63, 3.8) is 0 Å². The molecule has 7 heteroatoms. The Hall–Kier alpha value is -3.48.